The Balaban J connectivity index is 1.20. The van der Waals surface area contributed by atoms with Gasteiger partial charge in [-0.05, 0) is 136 Å². The quantitative estimate of drug-likeness (QED) is 0.126. The number of hydrogen-bond donors (Lipinski definition) is 0. The molecule has 0 aliphatic heterocycles. The van der Waals surface area contributed by atoms with Crippen molar-refractivity contribution < 1.29 is 4.42 Å². The van der Waals surface area contributed by atoms with E-state index in [-0.39, 0.29) is 0 Å². The van der Waals surface area contributed by atoms with Crippen LogP contribution in [0.25, 0.3) is 109 Å². The Morgan fingerprint density at radius 2 is 1.02 bits per heavy atom. The van der Waals surface area contributed by atoms with Gasteiger partial charge in [0.2, 0.25) is 0 Å². The minimum absolute atomic E-state index is 0.959. The van der Waals surface area contributed by atoms with Crippen LogP contribution in [0.15, 0.2) is 168 Å². The third-order valence-electron chi connectivity index (χ3n) is 11.5. The highest BCUT2D eigenvalue weighted by atomic mass is 16.3. The van der Waals surface area contributed by atoms with Gasteiger partial charge in [-0.1, -0.05) is 147 Å². The Morgan fingerprint density at radius 1 is 0.396 bits per heavy atom. The number of hydrogen-bond acceptors (Lipinski definition) is 1. The summed E-state index contributed by atoms with van der Waals surface area (Å²) < 4.78 is 6.58. The average molecular weight is 677 g/mol. The first-order valence-corrected chi connectivity index (χ1v) is 18.9. The van der Waals surface area contributed by atoms with Crippen molar-refractivity contribution in [1.29, 1.82) is 0 Å². The van der Waals surface area contributed by atoms with Crippen LogP contribution in [0, 0.1) is 0 Å². The van der Waals surface area contributed by atoms with Crippen LogP contribution >= 0.6 is 0 Å². The van der Waals surface area contributed by atoms with Crippen molar-refractivity contribution in [2.45, 2.75) is 26.2 Å². The fourth-order valence-corrected chi connectivity index (χ4v) is 9.09. The molecule has 11 aromatic rings. The summed E-state index contributed by atoms with van der Waals surface area (Å²) in [6, 6.07) is 60.9. The molecule has 0 unspecified atom stereocenters. The molecule has 0 atom stereocenters. The second-order valence-corrected chi connectivity index (χ2v) is 14.6. The number of fused-ring (bicyclic) bond motifs is 4. The van der Waals surface area contributed by atoms with E-state index in [0.29, 0.717) is 0 Å². The molecule has 0 amide bonds. The van der Waals surface area contributed by atoms with E-state index in [1.165, 1.54) is 116 Å². The molecule has 250 valence electrons. The van der Waals surface area contributed by atoms with Crippen LogP contribution in [-0.2, 0) is 6.42 Å². The lowest BCUT2D eigenvalue weighted by Crippen LogP contribution is -1.93. The summed E-state index contributed by atoms with van der Waals surface area (Å²) in [7, 11) is 0. The van der Waals surface area contributed by atoms with Gasteiger partial charge in [0.05, 0.1) is 0 Å². The largest absolute Gasteiger partial charge is 0.456 e. The minimum atomic E-state index is 0.959. The Hall–Kier alpha value is -6.44. The molecule has 0 saturated carbocycles. The van der Waals surface area contributed by atoms with Crippen molar-refractivity contribution >= 4 is 75.8 Å². The van der Waals surface area contributed by atoms with Crippen molar-refractivity contribution in [3.05, 3.63) is 169 Å². The molecule has 0 spiro atoms. The van der Waals surface area contributed by atoms with E-state index in [2.05, 4.69) is 171 Å². The molecule has 10 aromatic carbocycles. The third-order valence-corrected chi connectivity index (χ3v) is 11.5. The van der Waals surface area contributed by atoms with Gasteiger partial charge in [-0.2, -0.15) is 0 Å². The predicted molar refractivity (Wildman–Crippen MR) is 227 cm³/mol. The summed E-state index contributed by atoms with van der Waals surface area (Å²) in [6.45, 7) is 2.26. The van der Waals surface area contributed by atoms with E-state index >= 15 is 0 Å². The summed E-state index contributed by atoms with van der Waals surface area (Å²) in [5.74, 6) is 0. The van der Waals surface area contributed by atoms with Gasteiger partial charge in [-0.25, -0.2) is 0 Å². The molecular weight excluding hydrogens is 641 g/mol. The first-order valence-electron chi connectivity index (χ1n) is 18.9. The molecule has 1 heteroatoms. The number of furan rings is 1. The lowest BCUT2D eigenvalue weighted by molar-refractivity contribution is 0.668. The zero-order valence-electron chi connectivity index (χ0n) is 29.6. The smallest absolute Gasteiger partial charge is 0.136 e. The molecule has 0 aliphatic carbocycles. The van der Waals surface area contributed by atoms with Gasteiger partial charge >= 0.3 is 0 Å². The molecule has 0 bridgehead atoms. The first kappa shape index (κ1) is 30.2. The number of benzene rings is 10. The maximum Gasteiger partial charge on any atom is 0.136 e. The van der Waals surface area contributed by atoms with Gasteiger partial charge in [0.15, 0.2) is 0 Å². The standard InChI is InChI=1S/C52H36O/c1-2-3-12-32-27-38-31-46(44-21-11-22-47-52(44)49(38)48(28-32)53-47)51-41-18-8-6-16-39(41)50(40-17-7-9-19-42(40)51)43-20-10-15-34-24-26-37(30-45(34)43)36-25-23-33-13-4-5-14-35(33)29-36/h4-11,13-31H,2-3,12H2,1H3. The minimum Gasteiger partial charge on any atom is -0.456 e. The number of rotatable bonds is 6. The summed E-state index contributed by atoms with van der Waals surface area (Å²) in [5.41, 5.74) is 10.8. The molecule has 0 N–H and O–H groups in total. The van der Waals surface area contributed by atoms with Crippen molar-refractivity contribution in [2.75, 3.05) is 0 Å². The molecular formula is C52H36O. The van der Waals surface area contributed by atoms with Crippen LogP contribution in [0.2, 0.25) is 0 Å². The summed E-state index contributed by atoms with van der Waals surface area (Å²) in [6.07, 6.45) is 3.40. The molecule has 1 nitrogen and oxygen atoms in total. The molecule has 1 aromatic heterocycles. The fraction of sp³-hybridized carbons (Fsp3) is 0.0769. The Kier molecular flexibility index (Phi) is 6.73. The molecule has 0 radical (unpaired) electrons. The van der Waals surface area contributed by atoms with Gasteiger partial charge in [-0.3, -0.25) is 0 Å². The van der Waals surface area contributed by atoms with Crippen LogP contribution in [0.5, 0.6) is 0 Å². The van der Waals surface area contributed by atoms with Crippen molar-refractivity contribution in [3.63, 3.8) is 0 Å². The van der Waals surface area contributed by atoms with Gasteiger partial charge in [0, 0.05) is 10.8 Å². The van der Waals surface area contributed by atoms with Crippen LogP contribution < -0.4 is 0 Å². The number of aryl methyl sites for hydroxylation is 1. The summed E-state index contributed by atoms with van der Waals surface area (Å²) >= 11 is 0. The van der Waals surface area contributed by atoms with E-state index in [4.69, 9.17) is 4.42 Å². The van der Waals surface area contributed by atoms with Gasteiger partial charge < -0.3 is 4.42 Å². The van der Waals surface area contributed by atoms with Gasteiger partial charge in [0.1, 0.15) is 11.2 Å². The molecule has 1 heterocycles. The second-order valence-electron chi connectivity index (χ2n) is 14.6. The van der Waals surface area contributed by atoms with E-state index in [0.717, 1.165) is 17.6 Å². The highest BCUT2D eigenvalue weighted by molar-refractivity contribution is 6.30. The maximum atomic E-state index is 6.58. The molecule has 0 aliphatic rings. The van der Waals surface area contributed by atoms with Crippen molar-refractivity contribution in [1.82, 2.24) is 0 Å². The monoisotopic (exact) mass is 676 g/mol. The van der Waals surface area contributed by atoms with E-state index in [9.17, 15) is 0 Å². The predicted octanol–water partition coefficient (Wildman–Crippen LogP) is 15.1. The Morgan fingerprint density at radius 3 is 1.77 bits per heavy atom. The summed E-state index contributed by atoms with van der Waals surface area (Å²) in [5, 5.41) is 15.0. The second kappa shape index (κ2) is 11.8. The highest BCUT2D eigenvalue weighted by Gasteiger charge is 2.23. The lowest BCUT2D eigenvalue weighted by atomic mass is 9.82. The maximum absolute atomic E-state index is 6.58. The molecule has 0 saturated heterocycles. The molecule has 53 heavy (non-hydrogen) atoms. The van der Waals surface area contributed by atoms with E-state index in [1.54, 1.807) is 0 Å². The molecule has 11 rings (SSSR count). The Labute approximate surface area is 308 Å². The molecule has 0 fully saturated rings. The van der Waals surface area contributed by atoms with Crippen molar-refractivity contribution in [2.24, 2.45) is 0 Å². The van der Waals surface area contributed by atoms with Gasteiger partial charge in [-0.15, -0.1) is 0 Å². The summed E-state index contributed by atoms with van der Waals surface area (Å²) in [4.78, 5) is 0. The SMILES string of the molecule is CCCCc1cc2cc(-c3c4ccccc4c(-c4cccc5ccc(-c6ccc7ccccc7c6)cc45)c4ccccc34)c3cccc4oc(c1)c2c43. The van der Waals surface area contributed by atoms with Crippen LogP contribution in [0.1, 0.15) is 25.3 Å². The highest BCUT2D eigenvalue weighted by Crippen LogP contribution is 2.49. The van der Waals surface area contributed by atoms with Crippen LogP contribution in [0.3, 0.4) is 0 Å². The van der Waals surface area contributed by atoms with Gasteiger partial charge in [0.25, 0.3) is 0 Å². The Bertz CT molecular complexity index is 3160. The average Bonchev–Trinajstić information content (AvgIpc) is 3.60. The zero-order chi connectivity index (χ0) is 35.0. The van der Waals surface area contributed by atoms with Crippen molar-refractivity contribution in [3.8, 4) is 33.4 Å². The van der Waals surface area contributed by atoms with Crippen LogP contribution in [-0.4, -0.2) is 0 Å². The normalized spacial score (nSPS) is 12.1. The topological polar surface area (TPSA) is 13.1 Å². The first-order chi connectivity index (χ1) is 26.2. The number of unbranched alkanes of at least 4 members (excludes halogenated alkanes) is 1. The zero-order valence-corrected chi connectivity index (χ0v) is 29.6. The van der Waals surface area contributed by atoms with E-state index in [1.807, 2.05) is 0 Å². The lowest BCUT2D eigenvalue weighted by Gasteiger charge is -2.20. The van der Waals surface area contributed by atoms with E-state index < -0.39 is 0 Å². The third kappa shape index (κ3) is 4.64. The fourth-order valence-electron chi connectivity index (χ4n) is 9.09. The van der Waals surface area contributed by atoms with Crippen LogP contribution in [0.4, 0.5) is 0 Å².